The molecule has 0 aliphatic rings. The van der Waals surface area contributed by atoms with Crippen LogP contribution in [-0.2, 0) is 52.9 Å². The minimum atomic E-state index is -0.841. The third-order valence-electron chi connectivity index (χ3n) is 12.3. The van der Waals surface area contributed by atoms with Crippen LogP contribution in [0, 0.1) is 35.3 Å². The molecule has 2 aromatic carbocycles. The highest BCUT2D eigenvalue weighted by molar-refractivity contribution is 6.35. The molecule has 0 amide bonds. The number of pyridine rings is 2. The molecule has 0 bridgehead atoms. The van der Waals surface area contributed by atoms with Gasteiger partial charge >= 0.3 is 12.0 Å². The summed E-state index contributed by atoms with van der Waals surface area (Å²) in [4.78, 5) is 29.2. The Hall–Kier alpha value is -6.55. The molecule has 0 saturated carbocycles. The van der Waals surface area contributed by atoms with E-state index in [1.54, 1.807) is 18.5 Å². The minimum absolute atomic E-state index is 0.0280. The summed E-state index contributed by atoms with van der Waals surface area (Å²) in [6.45, 7) is 16.7. The number of hydrogen-bond donors (Lipinski definition) is 3. The summed E-state index contributed by atoms with van der Waals surface area (Å²) in [5.74, 6) is -1.28. The van der Waals surface area contributed by atoms with Gasteiger partial charge < -0.3 is 53.6 Å². The number of rotatable bonds is 38. The van der Waals surface area contributed by atoms with Crippen LogP contribution >= 0.6 is 11.6 Å². The van der Waals surface area contributed by atoms with Gasteiger partial charge in [0.25, 0.3) is 0 Å². The topological polar surface area (TPSA) is 241 Å². The number of nitriles is 1. The molecular formula is C57H73ClF2N10O10. The van der Waals surface area contributed by atoms with Crippen molar-refractivity contribution in [3.8, 4) is 29.1 Å². The lowest BCUT2D eigenvalue weighted by atomic mass is 9.88. The quantitative estimate of drug-likeness (QED) is 0.0306. The van der Waals surface area contributed by atoms with Crippen LogP contribution in [-0.4, -0.2) is 138 Å². The molecule has 0 radical (unpaired) electrons. The van der Waals surface area contributed by atoms with Crippen LogP contribution in [0.25, 0.3) is 22.3 Å². The maximum absolute atomic E-state index is 15.5. The first kappa shape index (κ1) is 62.6. The third kappa shape index (κ3) is 21.5. The zero-order valence-electron chi connectivity index (χ0n) is 46.2. The van der Waals surface area contributed by atoms with Crippen LogP contribution in [0.3, 0.4) is 0 Å². The van der Waals surface area contributed by atoms with E-state index >= 15 is 4.39 Å². The molecule has 0 aliphatic heterocycles. The lowest BCUT2D eigenvalue weighted by Crippen LogP contribution is -2.37. The number of aryl methyl sites for hydroxylation is 2. The van der Waals surface area contributed by atoms with E-state index in [-0.39, 0.29) is 38.7 Å². The van der Waals surface area contributed by atoms with Gasteiger partial charge in [-0.25, -0.2) is 28.7 Å². The first-order chi connectivity index (χ1) is 38.7. The van der Waals surface area contributed by atoms with E-state index in [4.69, 9.17) is 49.5 Å². The number of fused-ring (bicyclic) bond motifs is 1. The van der Waals surface area contributed by atoms with Gasteiger partial charge in [0, 0.05) is 42.7 Å². The highest BCUT2D eigenvalue weighted by Crippen LogP contribution is 2.36. The molecule has 4 aromatic heterocycles. The Kier molecular flexibility index (Phi) is 26.0. The Morgan fingerprint density at radius 2 is 1.48 bits per heavy atom. The highest BCUT2D eigenvalue weighted by atomic mass is 35.5. The number of unbranched alkanes of at least 4 members (excludes halogenated alkanes) is 2. The first-order valence-corrected chi connectivity index (χ1v) is 27.2. The van der Waals surface area contributed by atoms with Gasteiger partial charge in [-0.1, -0.05) is 49.7 Å². The van der Waals surface area contributed by atoms with Gasteiger partial charge in [-0.2, -0.15) is 5.26 Å². The number of nitrogens with zero attached hydrogens (tertiary/aromatic N) is 8. The van der Waals surface area contributed by atoms with Crippen molar-refractivity contribution >= 4 is 34.3 Å². The molecule has 4 heterocycles. The van der Waals surface area contributed by atoms with Gasteiger partial charge in [0.15, 0.2) is 5.82 Å². The van der Waals surface area contributed by atoms with E-state index in [0.29, 0.717) is 140 Å². The molecule has 432 valence electrons. The van der Waals surface area contributed by atoms with Crippen molar-refractivity contribution in [2.24, 2.45) is 5.41 Å². The number of carboxylic acids is 1. The van der Waals surface area contributed by atoms with Crippen molar-refractivity contribution in [2.45, 2.75) is 98.5 Å². The summed E-state index contributed by atoms with van der Waals surface area (Å²) in [6.07, 6.45) is 8.53. The summed E-state index contributed by atoms with van der Waals surface area (Å²) in [7, 11) is 0. The number of ether oxygens (including phenoxy) is 8. The van der Waals surface area contributed by atoms with E-state index in [1.807, 2.05) is 36.5 Å². The molecule has 6 aromatic rings. The van der Waals surface area contributed by atoms with Crippen LogP contribution < -0.4 is 20.1 Å². The van der Waals surface area contributed by atoms with Gasteiger partial charge in [0.2, 0.25) is 0 Å². The summed E-state index contributed by atoms with van der Waals surface area (Å²) in [6, 6.07) is 13.9. The van der Waals surface area contributed by atoms with Crippen molar-refractivity contribution in [3.63, 3.8) is 0 Å². The number of aromatic nitrogens is 7. The number of benzene rings is 2. The van der Waals surface area contributed by atoms with Gasteiger partial charge in [0.05, 0.1) is 132 Å². The van der Waals surface area contributed by atoms with Crippen LogP contribution in [0.1, 0.15) is 93.9 Å². The molecule has 0 spiro atoms. The minimum Gasteiger partial charge on any atom is -0.491 e. The van der Waals surface area contributed by atoms with Gasteiger partial charge in [-0.15, -0.1) is 5.10 Å². The normalized spacial score (nSPS) is 12.4. The van der Waals surface area contributed by atoms with Crippen molar-refractivity contribution in [3.05, 3.63) is 112 Å². The van der Waals surface area contributed by atoms with Gasteiger partial charge in [0.1, 0.15) is 41.1 Å². The number of aliphatic carboxylic acids is 1. The molecular weight excluding hydrogens is 1060 g/mol. The second-order valence-corrected chi connectivity index (χ2v) is 20.3. The number of hydrogen-bond acceptors (Lipinski definition) is 18. The van der Waals surface area contributed by atoms with E-state index in [0.717, 1.165) is 36.9 Å². The number of anilines is 1. The lowest BCUT2D eigenvalue weighted by Gasteiger charge is -2.21. The molecule has 6 rings (SSSR count). The SMILES string of the molecule is Cc1nc2cc(F)c(-c3cnc(OCCCCCn4cc(COCCOCCOCCOCCOCCOCCOc5cccc(CN[C@@H](CCC(C)(C)C)C(=O)O)c5)nn4)nc3)nc2c(N[C@H](C)c2cc(C#N)ccc2F)c1Cl. The molecule has 0 aliphatic carbocycles. The van der Waals surface area contributed by atoms with E-state index in [2.05, 4.69) is 61.7 Å². The molecule has 3 N–H and O–H groups in total. The second kappa shape index (κ2) is 33.3. The monoisotopic (exact) mass is 1130 g/mol. The average Bonchev–Trinajstić information content (AvgIpc) is 3.94. The average molecular weight is 1130 g/mol. The van der Waals surface area contributed by atoms with Crippen LogP contribution in [0.4, 0.5) is 14.5 Å². The highest BCUT2D eigenvalue weighted by Gasteiger charge is 2.23. The van der Waals surface area contributed by atoms with Crippen LogP contribution in [0.15, 0.2) is 67.1 Å². The molecule has 80 heavy (non-hydrogen) atoms. The number of halogens is 3. The lowest BCUT2D eigenvalue weighted by molar-refractivity contribution is -0.139. The van der Waals surface area contributed by atoms with Crippen molar-refractivity contribution < 1.29 is 56.6 Å². The third-order valence-corrected chi connectivity index (χ3v) is 12.7. The van der Waals surface area contributed by atoms with E-state index in [1.165, 1.54) is 36.7 Å². The fourth-order valence-electron chi connectivity index (χ4n) is 7.95. The standard InChI is InChI=1S/C57H73ClF2N10O10/c1-39(46-31-41(33-61)12-13-47(46)59)66-54-51(58)40(2)65-50-32-48(60)52(67-53(50)54)43-35-63-56(64-36-43)80-17-8-6-7-16-70-37-44(68-69-70)38-78-27-26-76-23-22-74-19-18-73-20-21-75-24-25-77-28-29-79-45-11-9-10-42(30-45)34-62-49(55(71)72)14-15-57(3,4)5/h9-13,30-32,35-37,39,49,62H,6-8,14-29,34,38H2,1-5H3,(H,65,66)(H,71,72)/t39-,49+/m1/s1. The summed E-state index contributed by atoms with van der Waals surface area (Å²) in [5, 5.41) is 33.9. The Labute approximate surface area is 470 Å². The zero-order valence-corrected chi connectivity index (χ0v) is 46.9. The predicted molar refractivity (Wildman–Crippen MR) is 295 cm³/mol. The van der Waals surface area contributed by atoms with Crippen molar-refractivity contribution in [1.29, 1.82) is 5.26 Å². The fraction of sp³-hybridized carbons (Fsp3) is 0.509. The maximum Gasteiger partial charge on any atom is 0.320 e. The summed E-state index contributed by atoms with van der Waals surface area (Å²) >= 11 is 6.68. The Balaban J connectivity index is 0.730. The predicted octanol–water partition coefficient (Wildman–Crippen LogP) is 9.26. The van der Waals surface area contributed by atoms with Crippen molar-refractivity contribution in [2.75, 3.05) is 91.2 Å². The zero-order chi connectivity index (χ0) is 57.1. The van der Waals surface area contributed by atoms with E-state index in [9.17, 15) is 19.6 Å². The molecule has 0 unspecified atom stereocenters. The number of carboxylic acid groups (broad SMARTS) is 1. The fourth-order valence-corrected chi connectivity index (χ4v) is 8.14. The van der Waals surface area contributed by atoms with Gasteiger partial charge in [-0.05, 0) is 87.3 Å². The molecule has 2 atom stereocenters. The smallest absolute Gasteiger partial charge is 0.320 e. The van der Waals surface area contributed by atoms with Crippen LogP contribution in [0.2, 0.25) is 5.02 Å². The first-order valence-electron chi connectivity index (χ1n) is 26.8. The molecule has 23 heteroatoms. The Bertz CT molecular complexity index is 2890. The van der Waals surface area contributed by atoms with Gasteiger partial charge in [-0.3, -0.25) is 9.48 Å². The van der Waals surface area contributed by atoms with E-state index < -0.39 is 29.7 Å². The second-order valence-electron chi connectivity index (χ2n) is 19.9. The molecule has 0 saturated heterocycles. The summed E-state index contributed by atoms with van der Waals surface area (Å²) < 4.78 is 77.2. The molecule has 0 fully saturated rings. The van der Waals surface area contributed by atoms with Crippen molar-refractivity contribution in [1.82, 2.24) is 40.2 Å². The Morgan fingerprint density at radius 1 is 0.812 bits per heavy atom. The Morgan fingerprint density at radius 3 is 2.12 bits per heavy atom. The molecule has 20 nitrogen and oxygen atoms in total. The summed E-state index contributed by atoms with van der Waals surface area (Å²) in [5.41, 5.74) is 3.86. The number of nitrogens with one attached hydrogen (secondary N) is 2. The maximum atomic E-state index is 15.5. The van der Waals surface area contributed by atoms with Crippen LogP contribution in [0.5, 0.6) is 11.8 Å². The largest absolute Gasteiger partial charge is 0.491 e. The number of carbonyl (C=O) groups is 1.